The van der Waals surface area contributed by atoms with Gasteiger partial charge in [0.15, 0.2) is 6.10 Å². The Hall–Kier alpha value is -1.62. The number of carbonyl (C=O) groups excluding carboxylic acids is 1. The van der Waals surface area contributed by atoms with Gasteiger partial charge in [0, 0.05) is 18.2 Å². The molecule has 5 heteroatoms. The average molecular weight is 296 g/mol. The molecule has 0 saturated carbocycles. The molecule has 1 unspecified atom stereocenters. The maximum absolute atomic E-state index is 13.3. The molecule has 1 rings (SSSR count). The summed E-state index contributed by atoms with van der Waals surface area (Å²) in [4.78, 5) is 12.1. The average Bonchev–Trinajstić information content (AvgIpc) is 2.47. The van der Waals surface area contributed by atoms with Crippen molar-refractivity contribution in [3.8, 4) is 5.75 Å². The van der Waals surface area contributed by atoms with Gasteiger partial charge in [-0.3, -0.25) is 4.79 Å². The first-order valence-electron chi connectivity index (χ1n) is 7.41. The quantitative estimate of drug-likeness (QED) is 0.775. The number of hydrogen-bond donors (Lipinski definition) is 2. The highest BCUT2D eigenvalue weighted by atomic mass is 19.1. The minimum atomic E-state index is -0.619. The minimum absolute atomic E-state index is 0.150. The second-order valence-corrected chi connectivity index (χ2v) is 5.06. The number of benzene rings is 1. The smallest absolute Gasteiger partial charge is 0.260 e. The lowest BCUT2D eigenvalue weighted by atomic mass is 10.1. The van der Waals surface area contributed by atoms with E-state index in [1.807, 2.05) is 13.8 Å². The minimum Gasteiger partial charge on any atom is -0.481 e. The van der Waals surface area contributed by atoms with Crippen molar-refractivity contribution < 1.29 is 13.9 Å². The van der Waals surface area contributed by atoms with Gasteiger partial charge in [-0.15, -0.1) is 0 Å². The molecule has 21 heavy (non-hydrogen) atoms. The van der Waals surface area contributed by atoms with Gasteiger partial charge in [-0.1, -0.05) is 13.8 Å². The van der Waals surface area contributed by atoms with Crippen LogP contribution in [0, 0.1) is 5.82 Å². The van der Waals surface area contributed by atoms with Gasteiger partial charge in [0.2, 0.25) is 0 Å². The van der Waals surface area contributed by atoms with Crippen LogP contribution in [0.15, 0.2) is 18.2 Å². The lowest BCUT2D eigenvalue weighted by molar-refractivity contribution is -0.128. The molecule has 118 valence electrons. The van der Waals surface area contributed by atoms with Crippen LogP contribution in [0.3, 0.4) is 0 Å². The first-order chi connectivity index (χ1) is 10.0. The molecule has 0 radical (unpaired) electrons. The van der Waals surface area contributed by atoms with Gasteiger partial charge >= 0.3 is 0 Å². The third-order valence-corrected chi connectivity index (χ3v) is 3.39. The number of rotatable bonds is 8. The van der Waals surface area contributed by atoms with Crippen molar-refractivity contribution in [3.05, 3.63) is 29.6 Å². The Morgan fingerprint density at radius 1 is 1.33 bits per heavy atom. The van der Waals surface area contributed by atoms with Gasteiger partial charge in [0.05, 0.1) is 0 Å². The van der Waals surface area contributed by atoms with E-state index in [0.717, 1.165) is 12.8 Å². The fraction of sp³-hybridized carbons (Fsp3) is 0.562. The van der Waals surface area contributed by atoms with E-state index in [2.05, 4.69) is 10.6 Å². The Kier molecular flexibility index (Phi) is 7.15. The molecule has 2 N–H and O–H groups in total. The summed E-state index contributed by atoms with van der Waals surface area (Å²) in [5.74, 6) is 0.0584. The zero-order valence-corrected chi connectivity index (χ0v) is 13.2. The second kappa shape index (κ2) is 8.62. The zero-order chi connectivity index (χ0) is 15.8. The van der Waals surface area contributed by atoms with Gasteiger partial charge in [0.1, 0.15) is 11.6 Å². The highest BCUT2D eigenvalue weighted by Gasteiger charge is 2.18. The summed E-state index contributed by atoms with van der Waals surface area (Å²) in [6.07, 6.45) is 1.15. The van der Waals surface area contributed by atoms with E-state index in [0.29, 0.717) is 17.9 Å². The van der Waals surface area contributed by atoms with E-state index in [4.69, 9.17) is 4.74 Å². The maximum Gasteiger partial charge on any atom is 0.260 e. The van der Waals surface area contributed by atoms with Crippen LogP contribution >= 0.6 is 0 Å². The molecule has 0 fully saturated rings. The summed E-state index contributed by atoms with van der Waals surface area (Å²) in [6, 6.07) is 4.47. The highest BCUT2D eigenvalue weighted by molar-refractivity contribution is 5.81. The summed E-state index contributed by atoms with van der Waals surface area (Å²) in [5.41, 5.74) is 0.694. The van der Waals surface area contributed by atoms with Crippen molar-refractivity contribution in [2.45, 2.75) is 52.3 Å². The Balaban J connectivity index is 2.73. The SMILES string of the molecule is CCC(CC)NC(=O)C(C)Oc1ccc(F)cc1CNC. The van der Waals surface area contributed by atoms with E-state index in [1.54, 1.807) is 20.0 Å². The third-order valence-electron chi connectivity index (χ3n) is 3.39. The molecule has 0 bridgehead atoms. The monoisotopic (exact) mass is 296 g/mol. The molecule has 1 aromatic carbocycles. The molecule has 0 aromatic heterocycles. The van der Waals surface area contributed by atoms with Gasteiger partial charge in [-0.05, 0) is 45.0 Å². The van der Waals surface area contributed by atoms with E-state index < -0.39 is 6.10 Å². The van der Waals surface area contributed by atoms with E-state index in [-0.39, 0.29) is 17.8 Å². The molecule has 1 atom stereocenters. The van der Waals surface area contributed by atoms with Crippen molar-refractivity contribution in [1.82, 2.24) is 10.6 Å². The molecule has 0 spiro atoms. The van der Waals surface area contributed by atoms with Crippen LogP contribution in [0.4, 0.5) is 4.39 Å². The summed E-state index contributed by atoms with van der Waals surface area (Å²) in [7, 11) is 1.78. The fourth-order valence-corrected chi connectivity index (χ4v) is 2.05. The molecule has 4 nitrogen and oxygen atoms in total. The Morgan fingerprint density at radius 2 is 2.00 bits per heavy atom. The standard InChI is InChI=1S/C16H25FN2O2/c1-5-14(6-2)19-16(20)11(3)21-15-8-7-13(17)9-12(15)10-18-4/h7-9,11,14,18H,5-6,10H2,1-4H3,(H,19,20). The summed E-state index contributed by atoms with van der Waals surface area (Å²) in [5, 5.41) is 5.90. The van der Waals surface area contributed by atoms with Crippen LogP contribution in [0.1, 0.15) is 39.2 Å². The molecule has 0 aliphatic heterocycles. The number of halogens is 1. The van der Waals surface area contributed by atoms with E-state index >= 15 is 0 Å². The van der Waals surface area contributed by atoms with Crippen LogP contribution in [0.2, 0.25) is 0 Å². The molecule has 1 aromatic rings. The van der Waals surface area contributed by atoms with Crippen molar-refractivity contribution in [3.63, 3.8) is 0 Å². The molecular formula is C16H25FN2O2. The van der Waals surface area contributed by atoms with Gasteiger partial charge in [-0.25, -0.2) is 4.39 Å². The third kappa shape index (κ3) is 5.34. The lowest BCUT2D eigenvalue weighted by Crippen LogP contribution is -2.42. The maximum atomic E-state index is 13.3. The molecule has 0 heterocycles. The van der Waals surface area contributed by atoms with Gasteiger partial charge in [-0.2, -0.15) is 0 Å². The predicted molar refractivity (Wildman–Crippen MR) is 81.8 cm³/mol. The lowest BCUT2D eigenvalue weighted by Gasteiger charge is -2.20. The van der Waals surface area contributed by atoms with Gasteiger partial charge < -0.3 is 15.4 Å². The van der Waals surface area contributed by atoms with Crippen LogP contribution < -0.4 is 15.4 Å². The van der Waals surface area contributed by atoms with Crippen LogP contribution in [-0.4, -0.2) is 25.1 Å². The number of nitrogens with one attached hydrogen (secondary N) is 2. The number of ether oxygens (including phenoxy) is 1. The summed E-state index contributed by atoms with van der Waals surface area (Å²) < 4.78 is 19.0. The van der Waals surface area contributed by atoms with Crippen molar-refractivity contribution in [1.29, 1.82) is 0 Å². The predicted octanol–water partition coefficient (Wildman–Crippen LogP) is 2.62. The Labute approximate surface area is 126 Å². The van der Waals surface area contributed by atoms with Crippen LogP contribution in [0.25, 0.3) is 0 Å². The molecular weight excluding hydrogens is 271 g/mol. The normalized spacial score (nSPS) is 12.3. The van der Waals surface area contributed by atoms with Crippen LogP contribution in [0.5, 0.6) is 5.75 Å². The summed E-state index contributed by atoms with van der Waals surface area (Å²) in [6.45, 7) is 6.24. The number of carbonyl (C=O) groups is 1. The van der Waals surface area contributed by atoms with E-state index in [9.17, 15) is 9.18 Å². The number of amides is 1. The topological polar surface area (TPSA) is 50.4 Å². The second-order valence-electron chi connectivity index (χ2n) is 5.06. The van der Waals surface area contributed by atoms with Crippen molar-refractivity contribution in [2.75, 3.05) is 7.05 Å². The molecule has 1 amide bonds. The molecule has 0 saturated heterocycles. The Morgan fingerprint density at radius 3 is 2.57 bits per heavy atom. The van der Waals surface area contributed by atoms with Crippen molar-refractivity contribution >= 4 is 5.91 Å². The van der Waals surface area contributed by atoms with E-state index in [1.165, 1.54) is 12.1 Å². The fourth-order valence-electron chi connectivity index (χ4n) is 2.05. The first-order valence-corrected chi connectivity index (χ1v) is 7.41. The molecule has 0 aliphatic carbocycles. The highest BCUT2D eigenvalue weighted by Crippen LogP contribution is 2.21. The zero-order valence-electron chi connectivity index (χ0n) is 13.2. The largest absolute Gasteiger partial charge is 0.481 e. The van der Waals surface area contributed by atoms with Crippen LogP contribution in [-0.2, 0) is 11.3 Å². The van der Waals surface area contributed by atoms with Crippen molar-refractivity contribution in [2.24, 2.45) is 0 Å². The first kappa shape index (κ1) is 17.4. The Bertz CT molecular complexity index is 462. The summed E-state index contributed by atoms with van der Waals surface area (Å²) >= 11 is 0. The van der Waals surface area contributed by atoms with Gasteiger partial charge in [0.25, 0.3) is 5.91 Å². The molecule has 0 aliphatic rings. The number of hydrogen-bond acceptors (Lipinski definition) is 3.